The number of fused-ring (bicyclic) bond motifs is 1. The molecule has 0 spiro atoms. The van der Waals surface area contributed by atoms with E-state index in [2.05, 4.69) is 37.0 Å². The van der Waals surface area contributed by atoms with Crippen LogP contribution in [0, 0.1) is 0 Å². The van der Waals surface area contributed by atoms with E-state index >= 15 is 0 Å². The highest BCUT2D eigenvalue weighted by Gasteiger charge is 2.12. The molecule has 1 aliphatic rings. The van der Waals surface area contributed by atoms with Crippen molar-refractivity contribution in [2.45, 2.75) is 13.0 Å². The minimum atomic E-state index is 1.05. The fourth-order valence-electron chi connectivity index (χ4n) is 1.35. The van der Waals surface area contributed by atoms with Crippen LogP contribution < -0.4 is 0 Å². The predicted octanol–water partition coefficient (Wildman–Crippen LogP) is 1.79. The molecule has 0 aliphatic carbocycles. The van der Waals surface area contributed by atoms with Crippen LogP contribution in [0.5, 0.6) is 0 Å². The van der Waals surface area contributed by atoms with Crippen LogP contribution >= 0.6 is 22.9 Å². The third-order valence-corrected chi connectivity index (χ3v) is 2.79. The van der Waals surface area contributed by atoms with E-state index in [9.17, 15) is 0 Å². The van der Waals surface area contributed by atoms with Gasteiger partial charge in [0.25, 0.3) is 0 Å². The van der Waals surface area contributed by atoms with Gasteiger partial charge in [-0.25, -0.2) is 3.11 Å². The van der Waals surface area contributed by atoms with Gasteiger partial charge < -0.3 is 0 Å². The van der Waals surface area contributed by atoms with Gasteiger partial charge in [-0.3, -0.25) is 4.98 Å². The van der Waals surface area contributed by atoms with E-state index in [0.717, 1.165) is 13.1 Å². The Hall–Kier alpha value is -0.160. The number of rotatable bonds is 0. The van der Waals surface area contributed by atoms with Gasteiger partial charge in [0, 0.05) is 48.3 Å². The van der Waals surface area contributed by atoms with E-state index in [1.165, 1.54) is 17.5 Å². The van der Waals surface area contributed by atoms with Crippen LogP contribution in [0.4, 0.5) is 0 Å². The summed E-state index contributed by atoms with van der Waals surface area (Å²) in [6, 6.07) is 2.12. The number of hydrogen-bond acceptors (Lipinski definition) is 2. The van der Waals surface area contributed by atoms with Crippen molar-refractivity contribution in [2.24, 2.45) is 0 Å². The fraction of sp³-hybridized carbons (Fsp3) is 0.375. The molecule has 1 aliphatic heterocycles. The summed E-state index contributed by atoms with van der Waals surface area (Å²) in [6.07, 6.45) is 5.02. The third-order valence-electron chi connectivity index (χ3n) is 1.97. The molecule has 0 fully saturated rings. The number of halogens is 1. The Morgan fingerprint density at radius 1 is 1.45 bits per heavy atom. The zero-order chi connectivity index (χ0) is 7.68. The van der Waals surface area contributed by atoms with Gasteiger partial charge in [-0.2, -0.15) is 0 Å². The maximum Gasteiger partial charge on any atom is 0.0350 e. The second-order valence-electron chi connectivity index (χ2n) is 2.74. The molecular weight excluding hydrogens is 251 g/mol. The van der Waals surface area contributed by atoms with Gasteiger partial charge in [0.2, 0.25) is 0 Å². The summed E-state index contributed by atoms with van der Waals surface area (Å²) in [5, 5.41) is 0. The lowest BCUT2D eigenvalue weighted by Crippen LogP contribution is -2.21. The SMILES string of the molecule is IN1CCc2ccncc2C1. The van der Waals surface area contributed by atoms with Crippen LogP contribution in [-0.4, -0.2) is 14.6 Å². The summed E-state index contributed by atoms with van der Waals surface area (Å²) in [7, 11) is 0. The molecule has 0 saturated heterocycles. The lowest BCUT2D eigenvalue weighted by Gasteiger charge is -2.22. The number of pyridine rings is 1. The first-order chi connectivity index (χ1) is 5.36. The van der Waals surface area contributed by atoms with Gasteiger partial charge in [-0.1, -0.05) is 0 Å². The van der Waals surface area contributed by atoms with Crippen LogP contribution in [0.25, 0.3) is 0 Å². The number of hydrogen-bond donors (Lipinski definition) is 0. The second-order valence-corrected chi connectivity index (χ2v) is 4.10. The smallest absolute Gasteiger partial charge is 0.0350 e. The number of aromatic nitrogens is 1. The zero-order valence-corrected chi connectivity index (χ0v) is 8.28. The molecule has 3 heteroatoms. The summed E-state index contributed by atoms with van der Waals surface area (Å²) >= 11 is 2.36. The molecule has 0 atom stereocenters. The maximum absolute atomic E-state index is 4.10. The van der Waals surface area contributed by atoms with Crippen molar-refractivity contribution >= 4 is 22.9 Å². The highest BCUT2D eigenvalue weighted by Crippen LogP contribution is 2.19. The van der Waals surface area contributed by atoms with E-state index < -0.39 is 0 Å². The van der Waals surface area contributed by atoms with Crippen molar-refractivity contribution in [3.05, 3.63) is 29.6 Å². The summed E-state index contributed by atoms with van der Waals surface area (Å²) in [4.78, 5) is 4.10. The highest BCUT2D eigenvalue weighted by atomic mass is 127. The molecule has 0 saturated carbocycles. The average molecular weight is 260 g/mol. The molecule has 0 aromatic carbocycles. The van der Waals surface area contributed by atoms with Crippen molar-refractivity contribution in [2.75, 3.05) is 6.54 Å². The van der Waals surface area contributed by atoms with Crippen molar-refractivity contribution in [3.63, 3.8) is 0 Å². The molecule has 11 heavy (non-hydrogen) atoms. The minimum Gasteiger partial charge on any atom is -0.264 e. The van der Waals surface area contributed by atoms with Gasteiger partial charge in [-0.05, 0) is 23.6 Å². The van der Waals surface area contributed by atoms with Crippen LogP contribution in [-0.2, 0) is 13.0 Å². The molecule has 2 rings (SSSR count). The molecule has 0 radical (unpaired) electrons. The highest BCUT2D eigenvalue weighted by molar-refractivity contribution is 14.1. The summed E-state index contributed by atoms with van der Waals surface area (Å²) < 4.78 is 2.29. The van der Waals surface area contributed by atoms with Crippen molar-refractivity contribution in [1.82, 2.24) is 8.10 Å². The Bertz CT molecular complexity index is 262. The third kappa shape index (κ3) is 1.54. The van der Waals surface area contributed by atoms with Crippen molar-refractivity contribution < 1.29 is 0 Å². The first-order valence-corrected chi connectivity index (χ1v) is 4.65. The topological polar surface area (TPSA) is 16.1 Å². The van der Waals surface area contributed by atoms with Crippen LogP contribution in [0.15, 0.2) is 18.5 Å². The van der Waals surface area contributed by atoms with Gasteiger partial charge in [0.05, 0.1) is 0 Å². The lowest BCUT2D eigenvalue weighted by atomic mass is 10.0. The Morgan fingerprint density at radius 3 is 3.27 bits per heavy atom. The van der Waals surface area contributed by atoms with Gasteiger partial charge in [0.15, 0.2) is 0 Å². The number of nitrogens with zero attached hydrogens (tertiary/aromatic N) is 2. The standard InChI is InChI=1S/C8H9IN2/c9-11-4-2-7-1-3-10-5-8(7)6-11/h1,3,5H,2,4,6H2. The summed E-state index contributed by atoms with van der Waals surface area (Å²) in [6.45, 7) is 2.21. The molecule has 0 unspecified atom stereocenters. The molecular formula is C8H9IN2. The van der Waals surface area contributed by atoms with Crippen LogP contribution in [0.2, 0.25) is 0 Å². The fourth-order valence-corrected chi connectivity index (χ4v) is 1.96. The molecule has 2 heterocycles. The first-order valence-electron chi connectivity index (χ1n) is 3.69. The Balaban J connectivity index is 2.34. The zero-order valence-electron chi connectivity index (χ0n) is 6.13. The molecule has 58 valence electrons. The first kappa shape index (κ1) is 7.49. The Labute approximate surface area is 80.1 Å². The van der Waals surface area contributed by atoms with Crippen molar-refractivity contribution in [3.8, 4) is 0 Å². The second kappa shape index (κ2) is 3.06. The summed E-state index contributed by atoms with van der Waals surface area (Å²) in [5.74, 6) is 0. The van der Waals surface area contributed by atoms with Crippen LogP contribution in [0.3, 0.4) is 0 Å². The Morgan fingerprint density at radius 2 is 2.36 bits per heavy atom. The molecule has 0 amide bonds. The van der Waals surface area contributed by atoms with Gasteiger partial charge in [-0.15, -0.1) is 0 Å². The Kier molecular flexibility index (Phi) is 2.09. The maximum atomic E-state index is 4.10. The van der Waals surface area contributed by atoms with E-state index in [0.29, 0.717) is 0 Å². The molecule has 0 N–H and O–H groups in total. The molecule has 2 nitrogen and oxygen atoms in total. The van der Waals surface area contributed by atoms with E-state index in [1.807, 2.05) is 12.4 Å². The predicted molar refractivity (Wildman–Crippen MR) is 52.4 cm³/mol. The molecule has 1 aromatic heterocycles. The van der Waals surface area contributed by atoms with E-state index in [1.54, 1.807) is 0 Å². The average Bonchev–Trinajstić information content (AvgIpc) is 2.04. The lowest BCUT2D eigenvalue weighted by molar-refractivity contribution is 0.479. The van der Waals surface area contributed by atoms with E-state index in [-0.39, 0.29) is 0 Å². The molecule has 0 bridgehead atoms. The van der Waals surface area contributed by atoms with Crippen LogP contribution in [0.1, 0.15) is 11.1 Å². The summed E-state index contributed by atoms with van der Waals surface area (Å²) in [5.41, 5.74) is 2.85. The van der Waals surface area contributed by atoms with E-state index in [4.69, 9.17) is 0 Å². The molecule has 1 aromatic rings. The van der Waals surface area contributed by atoms with Gasteiger partial charge >= 0.3 is 0 Å². The quantitative estimate of drug-likeness (QED) is 0.522. The van der Waals surface area contributed by atoms with Crippen molar-refractivity contribution in [1.29, 1.82) is 0 Å². The van der Waals surface area contributed by atoms with Gasteiger partial charge in [0.1, 0.15) is 0 Å². The normalized spacial score (nSPS) is 17.9. The largest absolute Gasteiger partial charge is 0.264 e. The minimum absolute atomic E-state index is 1.05. The monoisotopic (exact) mass is 260 g/mol.